The molecule has 23 heavy (non-hydrogen) atoms. The zero-order chi connectivity index (χ0) is 16.8. The maximum absolute atomic E-state index is 6.42. The molecular formula is C22H27N. The van der Waals surface area contributed by atoms with Gasteiger partial charge in [-0.25, -0.2) is 0 Å². The summed E-state index contributed by atoms with van der Waals surface area (Å²) in [5.41, 5.74) is 13.3. The minimum Gasteiger partial charge on any atom is -0.398 e. The largest absolute Gasteiger partial charge is 0.398 e. The number of nitrogens with two attached hydrogens (primary N) is 1. The summed E-state index contributed by atoms with van der Waals surface area (Å²) in [6.07, 6.45) is 5.33. The smallest absolute Gasteiger partial charge is 0.0393 e. The second-order valence-corrected chi connectivity index (χ2v) is 6.46. The van der Waals surface area contributed by atoms with Gasteiger partial charge in [-0.3, -0.25) is 0 Å². The average molecular weight is 305 g/mol. The molecule has 0 bridgehead atoms. The van der Waals surface area contributed by atoms with E-state index >= 15 is 0 Å². The van der Waals surface area contributed by atoms with Crippen molar-refractivity contribution >= 4 is 5.70 Å². The predicted octanol–water partition coefficient (Wildman–Crippen LogP) is 5.95. The van der Waals surface area contributed by atoms with E-state index in [4.69, 9.17) is 5.73 Å². The Morgan fingerprint density at radius 1 is 1.04 bits per heavy atom. The Kier molecular flexibility index (Phi) is 5.81. The molecule has 0 saturated heterocycles. The Morgan fingerprint density at radius 2 is 1.74 bits per heavy atom. The zero-order valence-electron chi connectivity index (χ0n) is 14.6. The number of allylic oxidation sites excluding steroid dienone is 3. The first-order valence-electron chi connectivity index (χ1n) is 8.30. The van der Waals surface area contributed by atoms with Crippen LogP contribution in [-0.2, 0) is 0 Å². The highest BCUT2D eigenvalue weighted by molar-refractivity contribution is 5.74. The van der Waals surface area contributed by atoms with Crippen molar-refractivity contribution in [1.82, 2.24) is 0 Å². The molecule has 0 unspecified atom stereocenters. The van der Waals surface area contributed by atoms with Crippen molar-refractivity contribution in [2.75, 3.05) is 0 Å². The quantitative estimate of drug-likeness (QED) is 0.678. The van der Waals surface area contributed by atoms with Crippen molar-refractivity contribution in [3.05, 3.63) is 77.4 Å². The van der Waals surface area contributed by atoms with Gasteiger partial charge in [-0.1, -0.05) is 62.4 Å². The fraction of sp³-hybridized carbons (Fsp3) is 0.273. The van der Waals surface area contributed by atoms with E-state index in [1.165, 1.54) is 22.3 Å². The fourth-order valence-corrected chi connectivity index (χ4v) is 2.75. The fourth-order valence-electron chi connectivity index (χ4n) is 2.75. The summed E-state index contributed by atoms with van der Waals surface area (Å²) in [5, 5.41) is 0. The first-order valence-corrected chi connectivity index (χ1v) is 8.30. The van der Waals surface area contributed by atoms with Gasteiger partial charge in [0.05, 0.1) is 0 Å². The molecule has 0 aliphatic rings. The van der Waals surface area contributed by atoms with Crippen LogP contribution in [0.15, 0.2) is 66.3 Å². The van der Waals surface area contributed by atoms with E-state index in [-0.39, 0.29) is 0 Å². The molecule has 1 nitrogen and oxygen atoms in total. The van der Waals surface area contributed by atoms with Gasteiger partial charge in [-0.15, -0.1) is 0 Å². The first-order chi connectivity index (χ1) is 11.0. The average Bonchev–Trinajstić information content (AvgIpc) is 2.55. The van der Waals surface area contributed by atoms with E-state index in [2.05, 4.69) is 82.3 Å². The lowest BCUT2D eigenvalue weighted by atomic mass is 9.96. The Balaban J connectivity index is 2.39. The van der Waals surface area contributed by atoms with Crippen LogP contribution in [0.5, 0.6) is 0 Å². The molecule has 0 amide bonds. The van der Waals surface area contributed by atoms with Crippen molar-refractivity contribution < 1.29 is 0 Å². The van der Waals surface area contributed by atoms with E-state index in [1.54, 1.807) is 0 Å². The molecule has 2 aromatic carbocycles. The van der Waals surface area contributed by atoms with Crippen molar-refractivity contribution in [2.45, 2.75) is 34.1 Å². The summed E-state index contributed by atoms with van der Waals surface area (Å²) < 4.78 is 0. The molecule has 1 heteroatoms. The van der Waals surface area contributed by atoms with E-state index in [1.807, 2.05) is 6.07 Å². The highest BCUT2D eigenvalue weighted by atomic mass is 14.6. The zero-order valence-corrected chi connectivity index (χ0v) is 14.6. The minimum absolute atomic E-state index is 0.627. The second-order valence-electron chi connectivity index (χ2n) is 6.46. The predicted molar refractivity (Wildman–Crippen MR) is 102 cm³/mol. The summed E-state index contributed by atoms with van der Waals surface area (Å²) in [4.78, 5) is 0. The van der Waals surface area contributed by atoms with Crippen LogP contribution in [0.3, 0.4) is 0 Å². The van der Waals surface area contributed by atoms with Gasteiger partial charge in [0.15, 0.2) is 0 Å². The lowest BCUT2D eigenvalue weighted by Gasteiger charge is -2.12. The second kappa shape index (κ2) is 7.82. The van der Waals surface area contributed by atoms with Crippen LogP contribution >= 0.6 is 0 Å². The van der Waals surface area contributed by atoms with Crippen molar-refractivity contribution in [1.29, 1.82) is 0 Å². The normalized spacial score (nSPS) is 12.7. The number of benzene rings is 2. The third-order valence-corrected chi connectivity index (χ3v) is 4.01. The maximum atomic E-state index is 6.42. The Labute approximate surface area is 140 Å². The van der Waals surface area contributed by atoms with Crippen LogP contribution in [0, 0.1) is 12.8 Å². The van der Waals surface area contributed by atoms with E-state index < -0.39 is 0 Å². The number of aryl methyl sites for hydroxylation is 1. The van der Waals surface area contributed by atoms with Crippen molar-refractivity contribution in [3.63, 3.8) is 0 Å². The van der Waals surface area contributed by atoms with Gasteiger partial charge in [-0.05, 0) is 60.6 Å². The lowest BCUT2D eigenvalue weighted by Crippen LogP contribution is -2.01. The van der Waals surface area contributed by atoms with E-state index in [0.29, 0.717) is 5.92 Å². The molecule has 0 radical (unpaired) electrons. The molecule has 0 saturated carbocycles. The van der Waals surface area contributed by atoms with E-state index in [0.717, 1.165) is 17.7 Å². The number of hydrogen-bond donors (Lipinski definition) is 1. The molecular weight excluding hydrogens is 278 g/mol. The van der Waals surface area contributed by atoms with Crippen LogP contribution in [-0.4, -0.2) is 0 Å². The van der Waals surface area contributed by atoms with Gasteiger partial charge >= 0.3 is 0 Å². The summed E-state index contributed by atoms with van der Waals surface area (Å²) in [6.45, 7) is 8.65. The molecule has 0 spiro atoms. The molecule has 2 rings (SSSR count). The molecule has 0 aliphatic heterocycles. The Morgan fingerprint density at radius 3 is 2.35 bits per heavy atom. The molecule has 120 valence electrons. The standard InChI is InChI=1S/C22H27N/c1-5-18(13-16(2)3)14-22(23)21-15-20(12-11-17(21)4)19-9-7-6-8-10-19/h5-12,14-16H,13,23H2,1-4H3/b18-5-,22-14-. The molecule has 0 fully saturated rings. The lowest BCUT2D eigenvalue weighted by molar-refractivity contribution is 0.649. The van der Waals surface area contributed by atoms with Crippen LogP contribution in [0.1, 0.15) is 38.3 Å². The molecule has 0 atom stereocenters. The van der Waals surface area contributed by atoms with Gasteiger partial charge in [0, 0.05) is 11.3 Å². The van der Waals surface area contributed by atoms with Crippen molar-refractivity contribution in [3.8, 4) is 11.1 Å². The van der Waals surface area contributed by atoms with Crippen LogP contribution in [0.25, 0.3) is 16.8 Å². The van der Waals surface area contributed by atoms with Crippen molar-refractivity contribution in [2.24, 2.45) is 11.7 Å². The van der Waals surface area contributed by atoms with Crippen LogP contribution in [0.2, 0.25) is 0 Å². The maximum Gasteiger partial charge on any atom is 0.0393 e. The summed E-state index contributed by atoms with van der Waals surface area (Å²) in [6, 6.07) is 16.9. The Bertz CT molecular complexity index is 706. The molecule has 2 aromatic rings. The van der Waals surface area contributed by atoms with Crippen LogP contribution < -0.4 is 5.73 Å². The van der Waals surface area contributed by atoms with Crippen LogP contribution in [0.4, 0.5) is 0 Å². The Hall–Kier alpha value is -2.28. The highest BCUT2D eigenvalue weighted by Crippen LogP contribution is 2.26. The van der Waals surface area contributed by atoms with E-state index in [9.17, 15) is 0 Å². The summed E-state index contributed by atoms with van der Waals surface area (Å²) >= 11 is 0. The summed E-state index contributed by atoms with van der Waals surface area (Å²) in [5.74, 6) is 0.627. The van der Waals surface area contributed by atoms with Gasteiger partial charge < -0.3 is 5.73 Å². The van der Waals surface area contributed by atoms with Gasteiger partial charge in [0.1, 0.15) is 0 Å². The third-order valence-electron chi connectivity index (χ3n) is 4.01. The number of rotatable bonds is 5. The highest BCUT2D eigenvalue weighted by Gasteiger charge is 2.06. The van der Waals surface area contributed by atoms with Gasteiger partial charge in [0.2, 0.25) is 0 Å². The number of hydrogen-bond acceptors (Lipinski definition) is 1. The SMILES string of the molecule is C/C=C(\C=C(/N)c1cc(-c2ccccc2)ccc1C)CC(C)C. The van der Waals surface area contributed by atoms with Gasteiger partial charge in [-0.2, -0.15) is 0 Å². The topological polar surface area (TPSA) is 26.0 Å². The molecule has 0 heterocycles. The third kappa shape index (κ3) is 4.59. The summed E-state index contributed by atoms with van der Waals surface area (Å²) in [7, 11) is 0. The monoisotopic (exact) mass is 305 g/mol. The molecule has 2 N–H and O–H groups in total. The minimum atomic E-state index is 0.627. The molecule has 0 aliphatic carbocycles. The van der Waals surface area contributed by atoms with Gasteiger partial charge in [0.25, 0.3) is 0 Å². The first kappa shape index (κ1) is 17.1. The molecule has 0 aromatic heterocycles.